The normalized spacial score (nSPS) is 10.6. The monoisotopic (exact) mass is 354 g/mol. The van der Waals surface area contributed by atoms with Crippen LogP contribution in [0.3, 0.4) is 0 Å². The molecule has 1 aromatic heterocycles. The Hall–Kier alpha value is -3.15. The maximum Gasteiger partial charge on any atom is 0.251 e. The summed E-state index contributed by atoms with van der Waals surface area (Å²) in [6, 6.07) is 13.1. The molecule has 0 unspecified atom stereocenters. The standard InChI is InChI=1S/C20H19FN2O3/c1-13-18(14(2)26-23-13)12-25-17-9-7-15(8-10-17)20(24)22-11-16-5-3-4-6-19(16)21/h3-10H,11-12H2,1-2H3,(H,22,24). The van der Waals surface area contributed by atoms with E-state index in [0.29, 0.717) is 23.5 Å². The van der Waals surface area contributed by atoms with Crippen molar-refractivity contribution in [2.45, 2.75) is 27.0 Å². The van der Waals surface area contributed by atoms with Gasteiger partial charge in [-0.1, -0.05) is 23.4 Å². The zero-order chi connectivity index (χ0) is 18.5. The fraction of sp³-hybridized carbons (Fsp3) is 0.200. The highest BCUT2D eigenvalue weighted by Gasteiger charge is 2.10. The summed E-state index contributed by atoms with van der Waals surface area (Å²) >= 11 is 0. The molecule has 3 rings (SSSR count). The number of halogens is 1. The molecule has 0 aliphatic heterocycles. The molecule has 26 heavy (non-hydrogen) atoms. The average molecular weight is 354 g/mol. The van der Waals surface area contributed by atoms with Crippen LogP contribution in [0.1, 0.15) is 32.9 Å². The highest BCUT2D eigenvalue weighted by molar-refractivity contribution is 5.94. The van der Waals surface area contributed by atoms with E-state index >= 15 is 0 Å². The van der Waals surface area contributed by atoms with E-state index in [-0.39, 0.29) is 18.3 Å². The van der Waals surface area contributed by atoms with Crippen molar-refractivity contribution in [3.63, 3.8) is 0 Å². The van der Waals surface area contributed by atoms with Crippen molar-refractivity contribution >= 4 is 5.91 Å². The number of aromatic nitrogens is 1. The van der Waals surface area contributed by atoms with E-state index in [0.717, 1.165) is 17.0 Å². The summed E-state index contributed by atoms with van der Waals surface area (Å²) in [6.45, 7) is 4.18. The molecule has 1 N–H and O–H groups in total. The summed E-state index contributed by atoms with van der Waals surface area (Å²) in [5.74, 6) is 0.753. The molecule has 0 aliphatic rings. The van der Waals surface area contributed by atoms with Crippen molar-refractivity contribution in [1.82, 2.24) is 10.5 Å². The second-order valence-electron chi connectivity index (χ2n) is 5.89. The SMILES string of the molecule is Cc1noc(C)c1COc1ccc(C(=O)NCc2ccccc2F)cc1. The van der Waals surface area contributed by atoms with Gasteiger partial charge in [0.25, 0.3) is 5.91 Å². The predicted molar refractivity (Wildman–Crippen MR) is 94.3 cm³/mol. The lowest BCUT2D eigenvalue weighted by Crippen LogP contribution is -2.23. The maximum absolute atomic E-state index is 13.6. The number of carbonyl (C=O) groups excluding carboxylic acids is 1. The van der Waals surface area contributed by atoms with Gasteiger partial charge < -0.3 is 14.6 Å². The van der Waals surface area contributed by atoms with E-state index < -0.39 is 0 Å². The molecule has 0 bridgehead atoms. The van der Waals surface area contributed by atoms with Gasteiger partial charge in [0.1, 0.15) is 23.9 Å². The highest BCUT2D eigenvalue weighted by atomic mass is 19.1. The first kappa shape index (κ1) is 17.7. The number of carbonyl (C=O) groups is 1. The third kappa shape index (κ3) is 4.08. The fourth-order valence-corrected chi connectivity index (χ4v) is 2.49. The van der Waals surface area contributed by atoms with E-state index in [1.807, 2.05) is 13.8 Å². The van der Waals surface area contributed by atoms with Crippen molar-refractivity contribution in [2.24, 2.45) is 0 Å². The zero-order valence-corrected chi connectivity index (χ0v) is 14.6. The van der Waals surface area contributed by atoms with Crippen LogP contribution in [0.4, 0.5) is 4.39 Å². The molecule has 0 atom stereocenters. The lowest BCUT2D eigenvalue weighted by molar-refractivity contribution is 0.0950. The third-order valence-corrected chi connectivity index (χ3v) is 4.08. The lowest BCUT2D eigenvalue weighted by atomic mass is 10.1. The molecule has 2 aromatic carbocycles. The molecule has 0 radical (unpaired) electrons. The topological polar surface area (TPSA) is 64.4 Å². The van der Waals surface area contributed by atoms with Gasteiger partial charge in [-0.05, 0) is 44.2 Å². The average Bonchev–Trinajstić information content (AvgIpc) is 2.97. The van der Waals surface area contributed by atoms with Gasteiger partial charge in [0.2, 0.25) is 0 Å². The molecule has 0 saturated heterocycles. The minimum Gasteiger partial charge on any atom is -0.489 e. The van der Waals surface area contributed by atoms with Gasteiger partial charge in [-0.15, -0.1) is 0 Å². The number of amides is 1. The van der Waals surface area contributed by atoms with E-state index in [2.05, 4.69) is 10.5 Å². The summed E-state index contributed by atoms with van der Waals surface area (Å²) in [7, 11) is 0. The molecular weight excluding hydrogens is 335 g/mol. The molecule has 0 fully saturated rings. The number of rotatable bonds is 6. The minimum atomic E-state index is -0.337. The molecule has 1 heterocycles. The number of nitrogens with one attached hydrogen (secondary N) is 1. The van der Waals surface area contributed by atoms with Crippen LogP contribution in [0.5, 0.6) is 5.75 Å². The van der Waals surface area contributed by atoms with Gasteiger partial charge in [-0.2, -0.15) is 0 Å². The molecule has 3 aromatic rings. The number of hydrogen-bond acceptors (Lipinski definition) is 4. The Bertz CT molecular complexity index is 884. The fourth-order valence-electron chi connectivity index (χ4n) is 2.49. The number of benzene rings is 2. The quantitative estimate of drug-likeness (QED) is 0.728. The first-order valence-corrected chi connectivity index (χ1v) is 8.21. The van der Waals surface area contributed by atoms with Crippen LogP contribution in [-0.2, 0) is 13.2 Å². The Morgan fingerprint density at radius 1 is 1.15 bits per heavy atom. The van der Waals surface area contributed by atoms with Crippen LogP contribution < -0.4 is 10.1 Å². The van der Waals surface area contributed by atoms with Crippen LogP contribution in [0.2, 0.25) is 0 Å². The van der Waals surface area contributed by atoms with E-state index in [4.69, 9.17) is 9.26 Å². The Kier molecular flexibility index (Phi) is 5.31. The van der Waals surface area contributed by atoms with Crippen LogP contribution in [0.25, 0.3) is 0 Å². The number of hydrogen-bond donors (Lipinski definition) is 1. The van der Waals surface area contributed by atoms with E-state index in [9.17, 15) is 9.18 Å². The highest BCUT2D eigenvalue weighted by Crippen LogP contribution is 2.18. The van der Waals surface area contributed by atoms with E-state index in [1.165, 1.54) is 6.07 Å². The van der Waals surface area contributed by atoms with Crippen molar-refractivity contribution < 1.29 is 18.4 Å². The van der Waals surface area contributed by atoms with Crippen LogP contribution in [0.15, 0.2) is 53.1 Å². The molecule has 134 valence electrons. The number of aryl methyl sites for hydroxylation is 2. The van der Waals surface area contributed by atoms with Gasteiger partial charge in [-0.25, -0.2) is 4.39 Å². The minimum absolute atomic E-state index is 0.135. The summed E-state index contributed by atoms with van der Waals surface area (Å²) in [5, 5.41) is 6.59. The Morgan fingerprint density at radius 2 is 1.88 bits per heavy atom. The summed E-state index contributed by atoms with van der Waals surface area (Å²) < 4.78 is 24.4. The van der Waals surface area contributed by atoms with E-state index in [1.54, 1.807) is 42.5 Å². The Morgan fingerprint density at radius 3 is 2.54 bits per heavy atom. The van der Waals surface area contributed by atoms with Gasteiger partial charge in [0.05, 0.1) is 11.3 Å². The van der Waals surface area contributed by atoms with Gasteiger partial charge in [0, 0.05) is 17.7 Å². The van der Waals surface area contributed by atoms with Crippen molar-refractivity contribution in [2.75, 3.05) is 0 Å². The Balaban J connectivity index is 1.57. The Labute approximate surface area is 150 Å². The second kappa shape index (κ2) is 7.82. The van der Waals surface area contributed by atoms with Crippen LogP contribution >= 0.6 is 0 Å². The zero-order valence-electron chi connectivity index (χ0n) is 14.6. The molecule has 6 heteroatoms. The summed E-state index contributed by atoms with van der Waals surface area (Å²) in [6.07, 6.45) is 0. The number of ether oxygens (including phenoxy) is 1. The van der Waals surface area contributed by atoms with Gasteiger partial charge in [-0.3, -0.25) is 4.79 Å². The smallest absolute Gasteiger partial charge is 0.251 e. The second-order valence-corrected chi connectivity index (χ2v) is 5.89. The van der Waals surface area contributed by atoms with Gasteiger partial charge >= 0.3 is 0 Å². The molecular formula is C20H19FN2O3. The van der Waals surface area contributed by atoms with Gasteiger partial charge in [0.15, 0.2) is 0 Å². The van der Waals surface area contributed by atoms with Crippen molar-refractivity contribution in [3.8, 4) is 5.75 Å². The summed E-state index contributed by atoms with van der Waals surface area (Å²) in [4.78, 5) is 12.2. The number of nitrogens with zero attached hydrogens (tertiary/aromatic N) is 1. The largest absolute Gasteiger partial charge is 0.489 e. The molecule has 0 aliphatic carbocycles. The third-order valence-electron chi connectivity index (χ3n) is 4.08. The molecule has 0 spiro atoms. The molecule has 5 nitrogen and oxygen atoms in total. The van der Waals surface area contributed by atoms with Crippen molar-refractivity contribution in [3.05, 3.63) is 82.5 Å². The maximum atomic E-state index is 13.6. The predicted octanol–water partition coefficient (Wildman–Crippen LogP) is 3.94. The van der Waals surface area contributed by atoms with Crippen LogP contribution in [-0.4, -0.2) is 11.1 Å². The van der Waals surface area contributed by atoms with Crippen LogP contribution in [0, 0.1) is 19.7 Å². The summed E-state index contributed by atoms with van der Waals surface area (Å²) in [5.41, 5.74) is 2.63. The molecule has 1 amide bonds. The first-order chi connectivity index (χ1) is 12.5. The van der Waals surface area contributed by atoms with Crippen molar-refractivity contribution in [1.29, 1.82) is 0 Å². The first-order valence-electron chi connectivity index (χ1n) is 8.21. The lowest BCUT2D eigenvalue weighted by Gasteiger charge is -2.08. The molecule has 0 saturated carbocycles.